The molecule has 2 aromatic carbocycles. The third-order valence-corrected chi connectivity index (χ3v) is 6.30. The molecular formula is C19H15BrFN5OS2. The number of nitrogens with zero attached hydrogens (tertiary/aromatic N) is 4. The van der Waals surface area contributed by atoms with Crippen LogP contribution >= 0.6 is 39.0 Å². The second kappa shape index (κ2) is 8.93. The smallest absolute Gasteiger partial charge is 0.210 e. The van der Waals surface area contributed by atoms with E-state index in [1.54, 1.807) is 12.1 Å². The van der Waals surface area contributed by atoms with Crippen LogP contribution in [0.4, 0.5) is 4.39 Å². The van der Waals surface area contributed by atoms with Crippen LogP contribution in [0.15, 0.2) is 63.5 Å². The fraction of sp³-hybridized carbons (Fsp3) is 0.105. The minimum atomic E-state index is -0.261. The lowest BCUT2D eigenvalue weighted by atomic mass is 10.2. The molecule has 29 heavy (non-hydrogen) atoms. The summed E-state index contributed by atoms with van der Waals surface area (Å²) in [5.41, 5.74) is 1.79. The summed E-state index contributed by atoms with van der Waals surface area (Å²) >= 11 is 6.36. The van der Waals surface area contributed by atoms with Crippen LogP contribution in [0, 0.1) is 5.82 Å². The first-order valence-corrected chi connectivity index (χ1v) is 11.1. The van der Waals surface area contributed by atoms with E-state index in [1.165, 1.54) is 39.9 Å². The van der Waals surface area contributed by atoms with E-state index in [0.717, 1.165) is 20.7 Å². The third-order valence-electron chi connectivity index (χ3n) is 3.89. The van der Waals surface area contributed by atoms with Crippen LogP contribution in [0.1, 0.15) is 11.5 Å². The number of hydrogen-bond acceptors (Lipinski definition) is 7. The minimum Gasteiger partial charge on any atom is -0.485 e. The zero-order valence-corrected chi connectivity index (χ0v) is 18.2. The second-order valence-electron chi connectivity index (χ2n) is 5.95. The van der Waals surface area contributed by atoms with E-state index in [0.29, 0.717) is 22.5 Å². The van der Waals surface area contributed by atoms with Gasteiger partial charge in [-0.3, -0.25) is 0 Å². The number of aromatic nitrogens is 4. The number of thiazole rings is 1. The lowest BCUT2D eigenvalue weighted by Crippen LogP contribution is -2.15. The largest absolute Gasteiger partial charge is 0.485 e. The van der Waals surface area contributed by atoms with Gasteiger partial charge in [-0.05, 0) is 42.5 Å². The summed E-state index contributed by atoms with van der Waals surface area (Å²) in [6.45, 7) is 0.214. The van der Waals surface area contributed by atoms with E-state index in [4.69, 9.17) is 10.6 Å². The number of thioether (sulfide) groups is 1. The van der Waals surface area contributed by atoms with Gasteiger partial charge in [0.1, 0.15) is 23.2 Å². The highest BCUT2D eigenvalue weighted by atomic mass is 79.9. The average molecular weight is 492 g/mol. The molecule has 0 bridgehead atoms. The molecule has 0 aliphatic carbocycles. The Morgan fingerprint density at radius 2 is 2.00 bits per heavy atom. The molecule has 0 unspecified atom stereocenters. The first kappa shape index (κ1) is 19.9. The van der Waals surface area contributed by atoms with Gasteiger partial charge in [-0.25, -0.2) is 14.1 Å². The topological polar surface area (TPSA) is 78.9 Å². The maximum Gasteiger partial charge on any atom is 0.210 e. The Kier molecular flexibility index (Phi) is 6.12. The summed E-state index contributed by atoms with van der Waals surface area (Å²) in [5, 5.41) is 11.6. The van der Waals surface area contributed by atoms with Crippen molar-refractivity contribution in [2.75, 3.05) is 5.84 Å². The Bertz CT molecular complexity index is 1120. The molecule has 0 aliphatic rings. The van der Waals surface area contributed by atoms with Crippen LogP contribution in [0.5, 0.6) is 5.75 Å². The summed E-state index contributed by atoms with van der Waals surface area (Å²) in [6.07, 6.45) is 0. The maximum absolute atomic E-state index is 13.1. The van der Waals surface area contributed by atoms with E-state index in [-0.39, 0.29) is 12.4 Å². The molecule has 0 saturated carbocycles. The van der Waals surface area contributed by atoms with Crippen LogP contribution in [-0.4, -0.2) is 19.9 Å². The second-order valence-corrected chi connectivity index (χ2v) is 8.67. The lowest BCUT2D eigenvalue weighted by Gasteiger charge is -2.06. The standard InChI is InChI=1S/C19H15BrFN5OS2/c20-13-2-1-3-16(8-13)27-9-17-24-25-19(26(17)22)29-11-15-10-28-18(23-15)12-4-6-14(21)7-5-12/h1-8,10H,9,11,22H2. The SMILES string of the molecule is Nn1c(COc2cccc(Br)c2)nnc1SCc1csc(-c2ccc(F)cc2)n1. The number of rotatable bonds is 7. The van der Waals surface area contributed by atoms with Gasteiger partial charge in [-0.1, -0.05) is 33.8 Å². The lowest BCUT2D eigenvalue weighted by molar-refractivity contribution is 0.291. The zero-order chi connectivity index (χ0) is 20.2. The van der Waals surface area contributed by atoms with Gasteiger partial charge in [0.2, 0.25) is 5.16 Å². The molecule has 0 spiro atoms. The molecule has 0 amide bonds. The van der Waals surface area contributed by atoms with E-state index < -0.39 is 0 Å². The van der Waals surface area contributed by atoms with Crippen molar-refractivity contribution in [2.24, 2.45) is 0 Å². The van der Waals surface area contributed by atoms with Gasteiger partial charge >= 0.3 is 0 Å². The first-order valence-electron chi connectivity index (χ1n) is 8.49. The monoisotopic (exact) mass is 491 g/mol. The average Bonchev–Trinajstić information content (AvgIpc) is 3.32. The van der Waals surface area contributed by atoms with Gasteiger partial charge in [0.05, 0.1) is 5.69 Å². The highest BCUT2D eigenvalue weighted by Gasteiger charge is 2.13. The maximum atomic E-state index is 13.1. The van der Waals surface area contributed by atoms with Crippen molar-refractivity contribution >= 4 is 39.0 Å². The van der Waals surface area contributed by atoms with Gasteiger partial charge in [-0.15, -0.1) is 21.5 Å². The summed E-state index contributed by atoms with van der Waals surface area (Å²) in [5.74, 6) is 7.68. The third kappa shape index (κ3) is 4.95. The molecule has 10 heteroatoms. The normalized spacial score (nSPS) is 11.0. The molecule has 0 saturated heterocycles. The Hall–Kier alpha value is -2.43. The first-order chi connectivity index (χ1) is 14.1. The van der Waals surface area contributed by atoms with E-state index in [9.17, 15) is 4.39 Å². The summed E-state index contributed by atoms with van der Waals surface area (Å²) in [7, 11) is 0. The van der Waals surface area contributed by atoms with Crippen LogP contribution < -0.4 is 10.6 Å². The highest BCUT2D eigenvalue weighted by molar-refractivity contribution is 9.10. The van der Waals surface area contributed by atoms with Crippen LogP contribution in [-0.2, 0) is 12.4 Å². The molecule has 6 nitrogen and oxygen atoms in total. The van der Waals surface area contributed by atoms with Gasteiger partial charge < -0.3 is 10.6 Å². The van der Waals surface area contributed by atoms with Crippen molar-refractivity contribution < 1.29 is 9.13 Å². The summed E-state index contributed by atoms with van der Waals surface area (Å²) in [6, 6.07) is 13.8. The fourth-order valence-corrected chi connectivity index (χ4v) is 4.52. The Morgan fingerprint density at radius 3 is 2.79 bits per heavy atom. The highest BCUT2D eigenvalue weighted by Crippen LogP contribution is 2.27. The molecule has 4 aromatic rings. The molecule has 2 heterocycles. The van der Waals surface area contributed by atoms with Crippen molar-refractivity contribution in [3.8, 4) is 16.3 Å². The van der Waals surface area contributed by atoms with Crippen LogP contribution in [0.2, 0.25) is 0 Å². The van der Waals surface area contributed by atoms with Crippen molar-refractivity contribution in [3.05, 3.63) is 75.7 Å². The molecular weight excluding hydrogens is 477 g/mol. The number of nitrogens with two attached hydrogens (primary N) is 1. The molecule has 4 rings (SSSR count). The summed E-state index contributed by atoms with van der Waals surface area (Å²) in [4.78, 5) is 4.59. The van der Waals surface area contributed by atoms with Gasteiger partial charge in [0.25, 0.3) is 0 Å². The summed E-state index contributed by atoms with van der Waals surface area (Å²) < 4.78 is 21.1. The molecule has 2 N–H and O–H groups in total. The van der Waals surface area contributed by atoms with Gasteiger partial charge in [0, 0.05) is 21.2 Å². The van der Waals surface area contributed by atoms with Crippen molar-refractivity contribution in [1.82, 2.24) is 19.9 Å². The van der Waals surface area contributed by atoms with Gasteiger partial charge in [-0.2, -0.15) is 0 Å². The Labute approximate surface area is 183 Å². The van der Waals surface area contributed by atoms with E-state index in [1.807, 2.05) is 29.6 Å². The predicted octanol–water partition coefficient (Wildman–Crippen LogP) is 4.89. The zero-order valence-electron chi connectivity index (χ0n) is 15.0. The molecule has 0 fully saturated rings. The predicted molar refractivity (Wildman–Crippen MR) is 116 cm³/mol. The van der Waals surface area contributed by atoms with Gasteiger partial charge in [0.15, 0.2) is 5.82 Å². The number of nitrogen functional groups attached to an aromatic ring is 1. The quantitative estimate of drug-likeness (QED) is 0.293. The van der Waals surface area contributed by atoms with E-state index >= 15 is 0 Å². The van der Waals surface area contributed by atoms with Crippen LogP contribution in [0.25, 0.3) is 10.6 Å². The molecule has 148 valence electrons. The molecule has 0 radical (unpaired) electrons. The number of benzene rings is 2. The molecule has 0 aliphatic heterocycles. The van der Waals surface area contributed by atoms with Crippen molar-refractivity contribution in [3.63, 3.8) is 0 Å². The number of ether oxygens (including phenoxy) is 1. The molecule has 0 atom stereocenters. The fourth-order valence-electron chi connectivity index (χ4n) is 2.45. The minimum absolute atomic E-state index is 0.214. The number of halogens is 2. The number of hydrogen-bond donors (Lipinski definition) is 1. The van der Waals surface area contributed by atoms with E-state index in [2.05, 4.69) is 31.1 Å². The van der Waals surface area contributed by atoms with Crippen molar-refractivity contribution in [1.29, 1.82) is 0 Å². The molecule has 2 aromatic heterocycles. The Morgan fingerprint density at radius 1 is 1.17 bits per heavy atom. The van der Waals surface area contributed by atoms with Crippen molar-refractivity contribution in [2.45, 2.75) is 17.5 Å². The Balaban J connectivity index is 1.36. The van der Waals surface area contributed by atoms with Crippen LogP contribution in [0.3, 0.4) is 0 Å².